The monoisotopic (exact) mass is 368 g/mol. The van der Waals surface area contributed by atoms with Gasteiger partial charge < -0.3 is 9.30 Å². The second-order valence-corrected chi connectivity index (χ2v) is 7.78. The summed E-state index contributed by atoms with van der Waals surface area (Å²) in [6, 6.07) is 13.2. The normalized spacial score (nSPS) is 16.4. The Hall–Kier alpha value is -2.07. The van der Waals surface area contributed by atoms with E-state index in [1.54, 1.807) is 0 Å². The number of methoxy groups -OCH3 is 1. The number of carbonyl (C=O) groups excluding carboxylic acids is 1. The molecular formula is C23H32N2O2. The number of aryl methyl sites for hydroxylation is 1. The summed E-state index contributed by atoms with van der Waals surface area (Å²) < 4.78 is 7.35. The summed E-state index contributed by atoms with van der Waals surface area (Å²) in [6.45, 7) is 5.74. The Bertz CT molecular complexity index is 746. The topological polar surface area (TPSA) is 34.5 Å². The van der Waals surface area contributed by atoms with Crippen LogP contribution in [0.5, 0.6) is 0 Å². The van der Waals surface area contributed by atoms with Gasteiger partial charge in [-0.25, -0.2) is 0 Å². The molecule has 1 fully saturated rings. The number of rotatable bonds is 7. The van der Waals surface area contributed by atoms with Crippen molar-refractivity contribution in [2.75, 3.05) is 7.11 Å². The predicted molar refractivity (Wildman–Crippen MR) is 109 cm³/mol. The number of benzene rings is 1. The molecular weight excluding hydrogens is 336 g/mol. The van der Waals surface area contributed by atoms with Crippen LogP contribution in [0.3, 0.4) is 0 Å². The molecule has 0 saturated heterocycles. The molecule has 146 valence electrons. The highest BCUT2D eigenvalue weighted by Crippen LogP contribution is 2.26. The van der Waals surface area contributed by atoms with Crippen LogP contribution in [0.4, 0.5) is 0 Å². The fraction of sp³-hybridized carbons (Fsp3) is 0.522. The van der Waals surface area contributed by atoms with Crippen molar-refractivity contribution in [3.05, 3.63) is 59.4 Å². The molecule has 0 spiro atoms. The van der Waals surface area contributed by atoms with Crippen LogP contribution in [-0.4, -0.2) is 34.6 Å². The Morgan fingerprint density at radius 2 is 2.00 bits per heavy atom. The van der Waals surface area contributed by atoms with Crippen LogP contribution in [0, 0.1) is 6.92 Å². The van der Waals surface area contributed by atoms with Gasteiger partial charge in [0.1, 0.15) is 6.04 Å². The van der Waals surface area contributed by atoms with Gasteiger partial charge in [-0.1, -0.05) is 49.1 Å². The largest absolute Gasteiger partial charge is 0.468 e. The first-order chi connectivity index (χ1) is 13.1. The molecule has 1 aliphatic carbocycles. The van der Waals surface area contributed by atoms with E-state index in [2.05, 4.69) is 59.0 Å². The molecule has 1 aromatic heterocycles. The Balaban J connectivity index is 1.79. The summed E-state index contributed by atoms with van der Waals surface area (Å²) in [5, 5.41) is 0. The molecule has 0 N–H and O–H groups in total. The second-order valence-electron chi connectivity index (χ2n) is 7.78. The fourth-order valence-electron chi connectivity index (χ4n) is 4.24. The zero-order valence-corrected chi connectivity index (χ0v) is 16.9. The molecule has 1 atom stereocenters. The number of esters is 1. The van der Waals surface area contributed by atoms with Crippen molar-refractivity contribution in [3.63, 3.8) is 0 Å². The van der Waals surface area contributed by atoms with Gasteiger partial charge in [0.05, 0.1) is 7.11 Å². The Labute approximate surface area is 163 Å². The maximum Gasteiger partial charge on any atom is 0.322 e. The summed E-state index contributed by atoms with van der Waals surface area (Å²) in [7, 11) is 1.48. The van der Waals surface area contributed by atoms with Gasteiger partial charge in [0.25, 0.3) is 0 Å². The maximum atomic E-state index is 12.3. The molecule has 2 aromatic rings. The van der Waals surface area contributed by atoms with Crippen molar-refractivity contribution < 1.29 is 9.53 Å². The third kappa shape index (κ3) is 5.01. The van der Waals surface area contributed by atoms with Gasteiger partial charge >= 0.3 is 5.97 Å². The van der Waals surface area contributed by atoms with E-state index in [0.717, 1.165) is 13.1 Å². The highest BCUT2D eigenvalue weighted by molar-refractivity contribution is 5.75. The van der Waals surface area contributed by atoms with Gasteiger partial charge in [0, 0.05) is 31.0 Å². The van der Waals surface area contributed by atoms with Gasteiger partial charge in [0.2, 0.25) is 0 Å². The van der Waals surface area contributed by atoms with Crippen LogP contribution in [0.15, 0.2) is 42.6 Å². The first kappa shape index (κ1) is 19.7. The highest BCUT2D eigenvalue weighted by atomic mass is 16.5. The number of nitrogens with zero attached hydrogens (tertiary/aromatic N) is 2. The molecule has 4 nitrogen and oxygen atoms in total. The van der Waals surface area contributed by atoms with E-state index in [0.29, 0.717) is 6.04 Å². The summed E-state index contributed by atoms with van der Waals surface area (Å²) in [4.78, 5) is 14.6. The van der Waals surface area contributed by atoms with E-state index in [1.165, 1.54) is 56.0 Å². The zero-order chi connectivity index (χ0) is 19.2. The summed E-state index contributed by atoms with van der Waals surface area (Å²) >= 11 is 0. The molecule has 27 heavy (non-hydrogen) atoms. The minimum Gasteiger partial charge on any atom is -0.468 e. The van der Waals surface area contributed by atoms with Gasteiger partial charge in [-0.15, -0.1) is 0 Å². The van der Waals surface area contributed by atoms with E-state index in [4.69, 9.17) is 4.74 Å². The average molecular weight is 369 g/mol. The van der Waals surface area contributed by atoms with Crippen LogP contribution in [0.1, 0.15) is 55.8 Å². The molecule has 1 saturated carbocycles. The van der Waals surface area contributed by atoms with E-state index in [-0.39, 0.29) is 12.0 Å². The molecule has 1 aromatic carbocycles. The molecule has 0 aliphatic heterocycles. The van der Waals surface area contributed by atoms with Crippen molar-refractivity contribution in [3.8, 4) is 0 Å². The van der Waals surface area contributed by atoms with E-state index < -0.39 is 0 Å². The van der Waals surface area contributed by atoms with Crippen LogP contribution in [-0.2, 0) is 22.6 Å². The van der Waals surface area contributed by atoms with Gasteiger partial charge in [0.15, 0.2) is 0 Å². The zero-order valence-electron chi connectivity index (χ0n) is 16.9. The molecule has 0 radical (unpaired) electrons. The number of hydrogen-bond acceptors (Lipinski definition) is 3. The minimum absolute atomic E-state index is 0.141. The van der Waals surface area contributed by atoms with Crippen molar-refractivity contribution in [2.45, 2.75) is 71.1 Å². The van der Waals surface area contributed by atoms with E-state index in [9.17, 15) is 4.79 Å². The first-order valence-corrected chi connectivity index (χ1v) is 10.1. The van der Waals surface area contributed by atoms with Gasteiger partial charge in [-0.3, -0.25) is 9.69 Å². The molecule has 0 bridgehead atoms. The third-order valence-corrected chi connectivity index (χ3v) is 5.79. The number of ether oxygens (including phenoxy) is 1. The van der Waals surface area contributed by atoms with Crippen molar-refractivity contribution >= 4 is 5.97 Å². The Morgan fingerprint density at radius 1 is 1.22 bits per heavy atom. The summed E-state index contributed by atoms with van der Waals surface area (Å²) in [5.41, 5.74) is 3.83. The van der Waals surface area contributed by atoms with Crippen molar-refractivity contribution in [1.29, 1.82) is 0 Å². The lowest BCUT2D eigenvalue weighted by Crippen LogP contribution is -2.46. The lowest BCUT2D eigenvalue weighted by molar-refractivity contribution is -0.148. The standard InChI is InChI=1S/C23H32N2O2/c1-18-9-7-10-20(15-18)16-24-14-8-13-22(24)17-25(19(2)23(26)27-3)21-11-5-4-6-12-21/h7-10,13-15,19,21H,4-6,11-12,16-17H2,1-3H3. The maximum absolute atomic E-state index is 12.3. The van der Waals surface area contributed by atoms with Crippen molar-refractivity contribution in [1.82, 2.24) is 9.47 Å². The lowest BCUT2D eigenvalue weighted by Gasteiger charge is -2.37. The van der Waals surface area contributed by atoms with E-state index in [1.807, 2.05) is 6.92 Å². The van der Waals surface area contributed by atoms with Crippen LogP contribution in [0.2, 0.25) is 0 Å². The van der Waals surface area contributed by atoms with Crippen molar-refractivity contribution in [2.24, 2.45) is 0 Å². The van der Waals surface area contributed by atoms with E-state index >= 15 is 0 Å². The molecule has 3 rings (SSSR count). The molecule has 1 heterocycles. The highest BCUT2D eigenvalue weighted by Gasteiger charge is 2.30. The number of hydrogen-bond donors (Lipinski definition) is 0. The Morgan fingerprint density at radius 3 is 2.70 bits per heavy atom. The SMILES string of the molecule is COC(=O)C(C)N(Cc1cccn1Cc1cccc(C)c1)C1CCCCC1. The third-order valence-electron chi connectivity index (χ3n) is 5.79. The quantitative estimate of drug-likeness (QED) is 0.673. The van der Waals surface area contributed by atoms with Crippen LogP contribution in [0.25, 0.3) is 0 Å². The van der Waals surface area contributed by atoms with Crippen LogP contribution < -0.4 is 0 Å². The first-order valence-electron chi connectivity index (χ1n) is 10.1. The second kappa shape index (κ2) is 9.23. The summed E-state index contributed by atoms with van der Waals surface area (Å²) in [6.07, 6.45) is 8.28. The average Bonchev–Trinajstić information content (AvgIpc) is 3.12. The van der Waals surface area contributed by atoms with Crippen LogP contribution >= 0.6 is 0 Å². The smallest absolute Gasteiger partial charge is 0.322 e. The fourth-order valence-corrected chi connectivity index (χ4v) is 4.24. The molecule has 1 unspecified atom stereocenters. The van der Waals surface area contributed by atoms with Gasteiger partial charge in [-0.2, -0.15) is 0 Å². The number of carbonyl (C=O) groups is 1. The summed E-state index contributed by atoms with van der Waals surface area (Å²) in [5.74, 6) is -0.141. The molecule has 4 heteroatoms. The predicted octanol–water partition coefficient (Wildman–Crippen LogP) is 4.54. The Kier molecular flexibility index (Phi) is 6.73. The molecule has 0 amide bonds. The molecule has 1 aliphatic rings. The lowest BCUT2D eigenvalue weighted by atomic mass is 9.93. The van der Waals surface area contributed by atoms with Gasteiger partial charge in [-0.05, 0) is 44.4 Å². The number of aromatic nitrogens is 1. The minimum atomic E-state index is -0.222.